The van der Waals surface area contributed by atoms with Crippen molar-refractivity contribution in [1.29, 1.82) is 0 Å². The summed E-state index contributed by atoms with van der Waals surface area (Å²) in [7, 11) is 0. The van der Waals surface area contributed by atoms with E-state index in [0.717, 1.165) is 4.90 Å². The van der Waals surface area contributed by atoms with Crippen molar-refractivity contribution in [3.8, 4) is 0 Å². The molecule has 0 bridgehead atoms. The Morgan fingerprint density at radius 1 is 1.17 bits per heavy atom. The predicted octanol–water partition coefficient (Wildman–Crippen LogP) is 4.05. The molecule has 0 aromatic heterocycles. The fraction of sp³-hybridized carbons (Fsp3) is 0.538. The van der Waals surface area contributed by atoms with Crippen molar-refractivity contribution in [2.75, 3.05) is 18.8 Å². The molecule has 0 fully saturated rings. The summed E-state index contributed by atoms with van der Waals surface area (Å²) in [5.41, 5.74) is 1.27. The lowest BCUT2D eigenvalue weighted by Crippen LogP contribution is -2.30. The number of hydrogen-bond donors (Lipinski definition) is 1. The molecule has 1 N–H and O–H groups in total. The minimum Gasteiger partial charge on any atom is -0.308 e. The average Bonchev–Trinajstić information content (AvgIpc) is 2.27. The summed E-state index contributed by atoms with van der Waals surface area (Å²) in [6.45, 7) is 3.70. The summed E-state index contributed by atoms with van der Waals surface area (Å²) in [6, 6.07) is 8.17. The van der Waals surface area contributed by atoms with Crippen molar-refractivity contribution < 1.29 is 13.2 Å². The van der Waals surface area contributed by atoms with Crippen LogP contribution < -0.4 is 5.32 Å². The van der Waals surface area contributed by atoms with Gasteiger partial charge in [0, 0.05) is 17.2 Å². The van der Waals surface area contributed by atoms with Crippen molar-refractivity contribution in [3.05, 3.63) is 29.8 Å². The topological polar surface area (TPSA) is 12.0 Å². The third-order valence-electron chi connectivity index (χ3n) is 2.42. The number of rotatable bonds is 6. The Bertz CT molecular complexity index is 346. The molecule has 1 aromatic rings. The van der Waals surface area contributed by atoms with Gasteiger partial charge in [-0.05, 0) is 23.6 Å². The van der Waals surface area contributed by atoms with Crippen molar-refractivity contribution >= 4 is 11.8 Å². The Labute approximate surface area is 110 Å². The molecular weight excluding hydrogens is 259 g/mol. The van der Waals surface area contributed by atoms with E-state index >= 15 is 0 Å². The zero-order valence-corrected chi connectivity index (χ0v) is 11.4. The fourth-order valence-electron chi connectivity index (χ4n) is 1.42. The van der Waals surface area contributed by atoms with Crippen LogP contribution >= 0.6 is 11.8 Å². The van der Waals surface area contributed by atoms with E-state index in [2.05, 4.69) is 31.3 Å². The molecule has 0 aliphatic carbocycles. The molecular formula is C13H18F3NS. The number of halogens is 3. The number of hydrogen-bond acceptors (Lipinski definition) is 2. The first kappa shape index (κ1) is 15.4. The van der Waals surface area contributed by atoms with Crippen LogP contribution in [0.3, 0.4) is 0 Å². The van der Waals surface area contributed by atoms with E-state index in [1.165, 1.54) is 5.56 Å². The highest BCUT2D eigenvalue weighted by molar-refractivity contribution is 7.99. The molecule has 0 aliphatic rings. The summed E-state index contributed by atoms with van der Waals surface area (Å²) in [5.74, 6) is 1.13. The van der Waals surface area contributed by atoms with Crippen LogP contribution in [0.4, 0.5) is 13.2 Å². The average molecular weight is 277 g/mol. The number of thioether (sulfide) groups is 1. The van der Waals surface area contributed by atoms with Gasteiger partial charge in [0.2, 0.25) is 0 Å². The molecule has 0 unspecified atom stereocenters. The first-order valence-corrected chi connectivity index (χ1v) is 6.87. The smallest absolute Gasteiger partial charge is 0.308 e. The number of alkyl halides is 3. The maximum Gasteiger partial charge on any atom is 0.401 e. The van der Waals surface area contributed by atoms with Crippen molar-refractivity contribution in [3.63, 3.8) is 0 Å². The van der Waals surface area contributed by atoms with Crippen LogP contribution in [-0.2, 0) is 0 Å². The fourth-order valence-corrected chi connectivity index (χ4v) is 2.23. The van der Waals surface area contributed by atoms with E-state index in [9.17, 15) is 13.2 Å². The van der Waals surface area contributed by atoms with E-state index in [0.29, 0.717) is 18.2 Å². The second-order valence-electron chi connectivity index (χ2n) is 4.36. The van der Waals surface area contributed by atoms with Gasteiger partial charge < -0.3 is 5.32 Å². The molecule has 18 heavy (non-hydrogen) atoms. The monoisotopic (exact) mass is 277 g/mol. The van der Waals surface area contributed by atoms with E-state index in [-0.39, 0.29) is 0 Å². The van der Waals surface area contributed by atoms with Crippen LogP contribution in [0.2, 0.25) is 0 Å². The van der Waals surface area contributed by atoms with E-state index in [4.69, 9.17) is 0 Å². The van der Waals surface area contributed by atoms with Crippen LogP contribution in [0, 0.1) is 0 Å². The van der Waals surface area contributed by atoms with Crippen molar-refractivity contribution in [2.24, 2.45) is 0 Å². The second-order valence-corrected chi connectivity index (χ2v) is 5.53. The van der Waals surface area contributed by atoms with Gasteiger partial charge in [-0.25, -0.2) is 0 Å². The van der Waals surface area contributed by atoms with Crippen LogP contribution in [-0.4, -0.2) is 25.0 Å². The number of benzene rings is 1. The van der Waals surface area contributed by atoms with Crippen LogP contribution in [0.15, 0.2) is 29.2 Å². The third kappa shape index (κ3) is 6.31. The summed E-state index contributed by atoms with van der Waals surface area (Å²) >= 11 is 1.56. The Balaban J connectivity index is 2.23. The molecule has 0 spiro atoms. The van der Waals surface area contributed by atoms with Gasteiger partial charge in [0.05, 0.1) is 6.54 Å². The standard InChI is InChI=1S/C13H18F3NS/c1-10(2)11-3-5-12(6-4-11)18-8-7-17-9-13(14,15)16/h3-6,10,17H,7-9H2,1-2H3. The minimum atomic E-state index is -4.12. The Kier molecular flexibility index (Phi) is 6.02. The van der Waals surface area contributed by atoms with E-state index in [1.807, 2.05) is 12.1 Å². The van der Waals surface area contributed by atoms with Gasteiger partial charge in [-0.2, -0.15) is 13.2 Å². The minimum absolute atomic E-state index is 0.357. The molecule has 1 aromatic carbocycles. The molecule has 0 atom stereocenters. The molecule has 0 radical (unpaired) electrons. The summed E-state index contributed by atoms with van der Waals surface area (Å²) in [6.07, 6.45) is -4.12. The highest BCUT2D eigenvalue weighted by atomic mass is 32.2. The van der Waals surface area contributed by atoms with Crippen LogP contribution in [0.25, 0.3) is 0 Å². The van der Waals surface area contributed by atoms with Crippen molar-refractivity contribution in [2.45, 2.75) is 30.8 Å². The molecule has 1 rings (SSSR count). The quantitative estimate of drug-likeness (QED) is 0.622. The summed E-state index contributed by atoms with van der Waals surface area (Å²) in [4.78, 5) is 1.09. The van der Waals surface area contributed by atoms with Gasteiger partial charge in [0.15, 0.2) is 0 Å². The van der Waals surface area contributed by atoms with Crippen LogP contribution in [0.1, 0.15) is 25.3 Å². The molecule has 0 amide bonds. The molecule has 5 heteroatoms. The summed E-state index contributed by atoms with van der Waals surface area (Å²) in [5, 5.41) is 2.38. The lowest BCUT2D eigenvalue weighted by Gasteiger charge is -2.08. The second kappa shape index (κ2) is 7.04. The largest absolute Gasteiger partial charge is 0.401 e. The van der Waals surface area contributed by atoms with Gasteiger partial charge >= 0.3 is 6.18 Å². The lowest BCUT2D eigenvalue weighted by molar-refractivity contribution is -0.124. The zero-order chi connectivity index (χ0) is 13.6. The Morgan fingerprint density at radius 2 is 1.78 bits per heavy atom. The molecule has 0 aliphatic heterocycles. The van der Waals surface area contributed by atoms with Gasteiger partial charge in [0.1, 0.15) is 0 Å². The van der Waals surface area contributed by atoms with Gasteiger partial charge in [-0.3, -0.25) is 0 Å². The maximum atomic E-state index is 11.9. The third-order valence-corrected chi connectivity index (χ3v) is 3.43. The zero-order valence-electron chi connectivity index (χ0n) is 10.6. The predicted molar refractivity (Wildman–Crippen MR) is 70.2 cm³/mol. The highest BCUT2D eigenvalue weighted by Gasteiger charge is 2.25. The Hall–Kier alpha value is -0.680. The highest BCUT2D eigenvalue weighted by Crippen LogP contribution is 2.21. The first-order chi connectivity index (χ1) is 8.38. The molecule has 0 heterocycles. The maximum absolute atomic E-state index is 11.9. The van der Waals surface area contributed by atoms with E-state index in [1.54, 1.807) is 11.8 Å². The molecule has 0 saturated carbocycles. The first-order valence-electron chi connectivity index (χ1n) is 5.89. The van der Waals surface area contributed by atoms with Gasteiger partial charge in [-0.15, -0.1) is 11.8 Å². The molecule has 0 saturated heterocycles. The summed E-state index contributed by atoms with van der Waals surface area (Å²) < 4.78 is 35.6. The lowest BCUT2D eigenvalue weighted by atomic mass is 10.0. The normalized spacial score (nSPS) is 12.1. The number of nitrogens with one attached hydrogen (secondary N) is 1. The molecule has 102 valence electrons. The SMILES string of the molecule is CC(C)c1ccc(SCCNCC(F)(F)F)cc1. The van der Waals surface area contributed by atoms with Crippen molar-refractivity contribution in [1.82, 2.24) is 5.32 Å². The van der Waals surface area contributed by atoms with E-state index < -0.39 is 12.7 Å². The molecule has 1 nitrogen and oxygen atoms in total. The van der Waals surface area contributed by atoms with Gasteiger partial charge in [-0.1, -0.05) is 26.0 Å². The van der Waals surface area contributed by atoms with Gasteiger partial charge in [0.25, 0.3) is 0 Å². The Morgan fingerprint density at radius 3 is 2.28 bits per heavy atom. The van der Waals surface area contributed by atoms with Crippen LogP contribution in [0.5, 0.6) is 0 Å².